The molecule has 0 unspecified atom stereocenters. The summed E-state index contributed by atoms with van der Waals surface area (Å²) in [7, 11) is 1.91. The number of nitrogens with one attached hydrogen (secondary N) is 1. The minimum absolute atomic E-state index is 0.263. The highest BCUT2D eigenvalue weighted by Crippen LogP contribution is 2.25. The van der Waals surface area contributed by atoms with E-state index in [9.17, 15) is 4.39 Å². The number of hydrogen-bond acceptors (Lipinski definition) is 3. The van der Waals surface area contributed by atoms with Crippen molar-refractivity contribution in [3.8, 4) is 17.0 Å². The molecule has 3 aromatic rings. The molecule has 3 rings (SSSR count). The molecule has 0 aliphatic rings. The van der Waals surface area contributed by atoms with Crippen molar-refractivity contribution in [2.24, 2.45) is 7.05 Å². The van der Waals surface area contributed by atoms with E-state index in [4.69, 9.17) is 16.3 Å². The molecule has 4 nitrogen and oxygen atoms in total. The van der Waals surface area contributed by atoms with Crippen LogP contribution in [0.15, 0.2) is 48.7 Å². The summed E-state index contributed by atoms with van der Waals surface area (Å²) in [5, 5.41) is 3.53. The fourth-order valence-electron chi connectivity index (χ4n) is 2.60. The van der Waals surface area contributed by atoms with Crippen LogP contribution in [-0.2, 0) is 13.6 Å². The molecule has 0 radical (unpaired) electrons. The molecule has 25 heavy (non-hydrogen) atoms. The minimum Gasteiger partial charge on any atom is -0.494 e. The number of anilines is 1. The molecule has 0 saturated heterocycles. The number of aromatic nitrogens is 2. The normalized spacial score (nSPS) is 10.7. The van der Waals surface area contributed by atoms with Gasteiger partial charge in [-0.05, 0) is 43.3 Å². The molecule has 0 spiro atoms. The summed E-state index contributed by atoms with van der Waals surface area (Å²) >= 11 is 6.06. The average Bonchev–Trinajstić information content (AvgIpc) is 2.96. The Bertz CT molecular complexity index is 841. The lowest BCUT2D eigenvalue weighted by Gasteiger charge is -2.10. The third-order valence-corrected chi connectivity index (χ3v) is 4.29. The maximum absolute atomic E-state index is 13.9. The molecule has 0 aliphatic heterocycles. The Morgan fingerprint density at radius 2 is 1.96 bits per heavy atom. The summed E-state index contributed by atoms with van der Waals surface area (Å²) in [4.78, 5) is 4.38. The number of halogens is 2. The predicted octanol–water partition coefficient (Wildman–Crippen LogP) is 4.89. The van der Waals surface area contributed by atoms with E-state index in [0.29, 0.717) is 23.1 Å². The second-order valence-corrected chi connectivity index (χ2v) is 5.94. The third-order valence-electron chi connectivity index (χ3n) is 3.93. The monoisotopic (exact) mass is 359 g/mol. The summed E-state index contributed by atoms with van der Waals surface area (Å²) in [5.74, 6) is 1.14. The largest absolute Gasteiger partial charge is 0.494 e. The van der Waals surface area contributed by atoms with Gasteiger partial charge in [0.1, 0.15) is 11.6 Å². The fraction of sp³-hybridized carbons (Fsp3) is 0.211. The second kappa shape index (κ2) is 7.57. The van der Waals surface area contributed by atoms with Crippen molar-refractivity contribution in [3.63, 3.8) is 0 Å². The summed E-state index contributed by atoms with van der Waals surface area (Å²) < 4.78 is 21.2. The van der Waals surface area contributed by atoms with Crippen LogP contribution >= 0.6 is 11.6 Å². The maximum atomic E-state index is 13.9. The van der Waals surface area contributed by atoms with E-state index in [1.807, 2.05) is 42.8 Å². The fourth-order valence-corrected chi connectivity index (χ4v) is 2.83. The molecule has 1 heterocycles. The second-order valence-electron chi connectivity index (χ2n) is 5.54. The van der Waals surface area contributed by atoms with Gasteiger partial charge in [0.05, 0.1) is 18.5 Å². The third kappa shape index (κ3) is 3.77. The quantitative estimate of drug-likeness (QED) is 0.681. The summed E-state index contributed by atoms with van der Waals surface area (Å²) in [6.07, 6.45) is 1.78. The van der Waals surface area contributed by atoms with Crippen LogP contribution in [0.1, 0.15) is 12.5 Å². The van der Waals surface area contributed by atoms with Gasteiger partial charge in [-0.1, -0.05) is 17.7 Å². The van der Waals surface area contributed by atoms with E-state index < -0.39 is 0 Å². The Labute approximate surface area is 151 Å². The van der Waals surface area contributed by atoms with E-state index >= 15 is 0 Å². The van der Waals surface area contributed by atoms with Gasteiger partial charge < -0.3 is 14.6 Å². The van der Waals surface area contributed by atoms with E-state index in [-0.39, 0.29) is 12.4 Å². The molecule has 6 heteroatoms. The van der Waals surface area contributed by atoms with Gasteiger partial charge in [0.2, 0.25) is 5.95 Å². The highest BCUT2D eigenvalue weighted by molar-refractivity contribution is 6.31. The van der Waals surface area contributed by atoms with E-state index in [0.717, 1.165) is 17.0 Å². The van der Waals surface area contributed by atoms with Crippen molar-refractivity contribution in [2.75, 3.05) is 11.9 Å². The van der Waals surface area contributed by atoms with E-state index in [1.54, 1.807) is 18.3 Å². The van der Waals surface area contributed by atoms with Crippen LogP contribution in [0.25, 0.3) is 11.3 Å². The minimum atomic E-state index is -0.332. The maximum Gasteiger partial charge on any atom is 0.203 e. The number of hydrogen-bond donors (Lipinski definition) is 1. The van der Waals surface area contributed by atoms with Gasteiger partial charge in [-0.25, -0.2) is 9.37 Å². The number of imidazole rings is 1. The smallest absolute Gasteiger partial charge is 0.203 e. The van der Waals surface area contributed by atoms with Crippen molar-refractivity contribution in [1.29, 1.82) is 0 Å². The Morgan fingerprint density at radius 1 is 1.20 bits per heavy atom. The lowest BCUT2D eigenvalue weighted by molar-refractivity contribution is 0.340. The first kappa shape index (κ1) is 17.3. The van der Waals surface area contributed by atoms with Gasteiger partial charge in [0.25, 0.3) is 0 Å². The van der Waals surface area contributed by atoms with Crippen LogP contribution in [0.5, 0.6) is 5.75 Å². The van der Waals surface area contributed by atoms with Crippen LogP contribution in [0.2, 0.25) is 5.02 Å². The molecule has 1 N–H and O–H groups in total. The van der Waals surface area contributed by atoms with E-state index in [1.165, 1.54) is 6.07 Å². The number of rotatable bonds is 6. The van der Waals surface area contributed by atoms with Gasteiger partial charge in [-0.3, -0.25) is 0 Å². The van der Waals surface area contributed by atoms with Crippen LogP contribution in [-0.4, -0.2) is 16.2 Å². The number of benzene rings is 2. The Kier molecular flexibility index (Phi) is 5.24. The van der Waals surface area contributed by atoms with Crippen LogP contribution in [0.4, 0.5) is 10.3 Å². The first-order chi connectivity index (χ1) is 12.1. The molecule has 0 aliphatic carbocycles. The van der Waals surface area contributed by atoms with Crippen molar-refractivity contribution in [2.45, 2.75) is 13.5 Å². The van der Waals surface area contributed by atoms with Gasteiger partial charge in [0.15, 0.2) is 0 Å². The number of ether oxygens (including phenoxy) is 1. The molecule has 0 bridgehead atoms. The lowest BCUT2D eigenvalue weighted by Crippen LogP contribution is -2.07. The zero-order chi connectivity index (χ0) is 17.8. The van der Waals surface area contributed by atoms with E-state index in [2.05, 4.69) is 10.3 Å². The van der Waals surface area contributed by atoms with Crippen molar-refractivity contribution in [3.05, 3.63) is 65.1 Å². The highest BCUT2D eigenvalue weighted by Gasteiger charge is 2.11. The van der Waals surface area contributed by atoms with Gasteiger partial charge in [0, 0.05) is 29.7 Å². The molecule has 0 amide bonds. The predicted molar refractivity (Wildman–Crippen MR) is 98.5 cm³/mol. The summed E-state index contributed by atoms with van der Waals surface area (Å²) in [6, 6.07) is 12.5. The highest BCUT2D eigenvalue weighted by atomic mass is 35.5. The molecule has 0 fully saturated rings. The van der Waals surface area contributed by atoms with Crippen molar-refractivity contribution in [1.82, 2.24) is 9.55 Å². The van der Waals surface area contributed by atoms with Crippen molar-refractivity contribution >= 4 is 17.5 Å². The Morgan fingerprint density at radius 3 is 2.64 bits per heavy atom. The zero-order valence-corrected chi connectivity index (χ0v) is 14.8. The van der Waals surface area contributed by atoms with Gasteiger partial charge in [-0.2, -0.15) is 0 Å². The molecule has 1 aromatic heterocycles. The zero-order valence-electron chi connectivity index (χ0n) is 14.1. The average molecular weight is 360 g/mol. The Hall–Kier alpha value is -2.53. The molecular weight excluding hydrogens is 341 g/mol. The summed E-state index contributed by atoms with van der Waals surface area (Å²) in [6.45, 7) is 2.85. The standard InChI is InChI=1S/C19H19ClFN3O/c1-3-25-14-9-7-13(8-10-14)18-12-23-19(24(18)2)22-11-15-16(20)5-4-6-17(15)21/h4-10,12H,3,11H2,1-2H3,(H,22,23). The van der Waals surface area contributed by atoms with Crippen molar-refractivity contribution < 1.29 is 9.13 Å². The van der Waals surface area contributed by atoms with Crippen LogP contribution < -0.4 is 10.1 Å². The molecule has 0 atom stereocenters. The van der Waals surface area contributed by atoms with Crippen LogP contribution in [0, 0.1) is 5.82 Å². The first-order valence-electron chi connectivity index (χ1n) is 8.02. The molecule has 2 aromatic carbocycles. The number of nitrogens with zero attached hydrogens (tertiary/aromatic N) is 2. The molecular formula is C19H19ClFN3O. The first-order valence-corrected chi connectivity index (χ1v) is 8.39. The summed E-state index contributed by atoms with van der Waals surface area (Å²) in [5.41, 5.74) is 2.40. The Balaban J connectivity index is 1.77. The topological polar surface area (TPSA) is 39.1 Å². The van der Waals surface area contributed by atoms with Gasteiger partial charge in [-0.15, -0.1) is 0 Å². The van der Waals surface area contributed by atoms with Crippen LogP contribution in [0.3, 0.4) is 0 Å². The SMILES string of the molecule is CCOc1ccc(-c2cnc(NCc3c(F)cccc3Cl)n2C)cc1. The van der Waals surface area contributed by atoms with Gasteiger partial charge >= 0.3 is 0 Å². The molecule has 130 valence electrons. The molecule has 0 saturated carbocycles. The lowest BCUT2D eigenvalue weighted by atomic mass is 10.1.